The Morgan fingerprint density at radius 1 is 1.20 bits per heavy atom. The van der Waals surface area contributed by atoms with Crippen molar-refractivity contribution in [2.24, 2.45) is 0 Å². The molecule has 0 fully saturated rings. The maximum absolute atomic E-state index is 11.8. The van der Waals surface area contributed by atoms with Crippen LogP contribution >= 0.6 is 11.8 Å². The molecule has 0 aliphatic carbocycles. The summed E-state index contributed by atoms with van der Waals surface area (Å²) in [5.74, 6) is 0.0914. The van der Waals surface area contributed by atoms with Gasteiger partial charge in [0.05, 0.1) is 10.4 Å². The van der Waals surface area contributed by atoms with E-state index in [1.54, 1.807) is 11.8 Å². The minimum absolute atomic E-state index is 0.0914. The fourth-order valence-corrected chi connectivity index (χ4v) is 2.83. The second-order valence-electron chi connectivity index (χ2n) is 4.47. The van der Waals surface area contributed by atoms with Gasteiger partial charge in [-0.25, -0.2) is 0 Å². The quantitative estimate of drug-likeness (QED) is 0.729. The second-order valence-corrected chi connectivity index (χ2v) is 6.10. The molecule has 0 radical (unpaired) electrons. The Morgan fingerprint density at radius 3 is 2.47 bits per heavy atom. The summed E-state index contributed by atoms with van der Waals surface area (Å²) in [4.78, 5) is 13.0. The zero-order valence-electron chi connectivity index (χ0n) is 9.47. The van der Waals surface area contributed by atoms with Crippen LogP contribution in [0.1, 0.15) is 25.0 Å². The number of rotatable bonds is 0. The van der Waals surface area contributed by atoms with Gasteiger partial charge in [0.2, 0.25) is 5.91 Å². The third kappa shape index (κ3) is 1.65. The molecule has 1 heterocycles. The minimum atomic E-state index is -0.369. The topological polar surface area (TPSA) is 29.1 Å². The van der Waals surface area contributed by atoms with Gasteiger partial charge in [-0.15, -0.1) is 11.8 Å². The van der Waals surface area contributed by atoms with E-state index in [0.29, 0.717) is 0 Å². The third-order valence-corrected chi connectivity index (χ3v) is 4.13. The summed E-state index contributed by atoms with van der Waals surface area (Å²) >= 11 is 1.65. The molecule has 0 bridgehead atoms. The Bertz CT molecular complexity index is 437. The highest BCUT2D eigenvalue weighted by atomic mass is 32.2. The van der Waals surface area contributed by atoms with Crippen LogP contribution in [0, 0.1) is 13.8 Å². The number of nitrogens with one attached hydrogen (secondary N) is 1. The Labute approximate surface area is 94.4 Å². The molecule has 1 aliphatic heterocycles. The summed E-state index contributed by atoms with van der Waals surface area (Å²) in [6, 6.07) is 4.15. The van der Waals surface area contributed by atoms with Crippen molar-refractivity contribution in [1.82, 2.24) is 0 Å². The van der Waals surface area contributed by atoms with E-state index in [2.05, 4.69) is 18.3 Å². The second kappa shape index (κ2) is 3.27. The summed E-state index contributed by atoms with van der Waals surface area (Å²) in [6.45, 7) is 8.02. The standard InChI is InChI=1S/C12H15NOS/c1-7-5-6-8(2)10-9(7)13-11(14)12(3,4)15-10/h5-6H,1-4H3,(H,13,14). The lowest BCUT2D eigenvalue weighted by Gasteiger charge is -2.31. The average Bonchev–Trinajstić information content (AvgIpc) is 2.15. The minimum Gasteiger partial charge on any atom is -0.324 e. The van der Waals surface area contributed by atoms with Gasteiger partial charge in [0, 0.05) is 4.90 Å². The van der Waals surface area contributed by atoms with Crippen LogP contribution in [-0.2, 0) is 4.79 Å². The number of anilines is 1. The Balaban J connectivity index is 2.59. The van der Waals surface area contributed by atoms with Gasteiger partial charge in [-0.3, -0.25) is 4.79 Å². The molecule has 0 spiro atoms. The lowest BCUT2D eigenvalue weighted by molar-refractivity contribution is -0.117. The predicted molar refractivity (Wildman–Crippen MR) is 64.5 cm³/mol. The number of hydrogen-bond donors (Lipinski definition) is 1. The van der Waals surface area contributed by atoms with E-state index in [4.69, 9.17) is 0 Å². The van der Waals surface area contributed by atoms with E-state index >= 15 is 0 Å². The Hall–Kier alpha value is -0.960. The van der Waals surface area contributed by atoms with E-state index in [1.165, 1.54) is 10.5 Å². The van der Waals surface area contributed by atoms with Crippen molar-refractivity contribution in [3.63, 3.8) is 0 Å². The Morgan fingerprint density at radius 2 is 1.80 bits per heavy atom. The number of hydrogen-bond acceptors (Lipinski definition) is 2. The molecule has 2 nitrogen and oxygen atoms in total. The number of carbonyl (C=O) groups is 1. The molecule has 0 saturated carbocycles. The summed E-state index contributed by atoms with van der Waals surface area (Å²) in [5.41, 5.74) is 3.35. The van der Waals surface area contributed by atoms with Gasteiger partial charge in [0.15, 0.2) is 0 Å². The molecule has 0 unspecified atom stereocenters. The smallest absolute Gasteiger partial charge is 0.240 e. The van der Waals surface area contributed by atoms with Crippen LogP contribution in [0.25, 0.3) is 0 Å². The summed E-state index contributed by atoms with van der Waals surface area (Å²) in [6.07, 6.45) is 0. The number of amides is 1. The lowest BCUT2D eigenvalue weighted by atomic mass is 10.1. The van der Waals surface area contributed by atoms with E-state index in [1.807, 2.05) is 26.8 Å². The first-order chi connectivity index (χ1) is 6.92. The van der Waals surface area contributed by atoms with Crippen molar-refractivity contribution in [2.75, 3.05) is 5.32 Å². The number of carbonyl (C=O) groups excluding carboxylic acids is 1. The maximum Gasteiger partial charge on any atom is 0.240 e. The van der Waals surface area contributed by atoms with E-state index in [0.717, 1.165) is 11.3 Å². The fraction of sp³-hybridized carbons (Fsp3) is 0.417. The molecule has 1 aromatic carbocycles. The SMILES string of the molecule is Cc1ccc(C)c2c1NC(=O)C(C)(C)S2. The molecule has 0 atom stereocenters. The van der Waals surface area contributed by atoms with E-state index < -0.39 is 0 Å². The molecular formula is C12H15NOS. The predicted octanol–water partition coefficient (Wildman–Crippen LogP) is 3.13. The zero-order valence-corrected chi connectivity index (χ0v) is 10.3. The van der Waals surface area contributed by atoms with Gasteiger partial charge in [0.25, 0.3) is 0 Å². The first-order valence-electron chi connectivity index (χ1n) is 5.02. The first-order valence-corrected chi connectivity index (χ1v) is 5.84. The van der Waals surface area contributed by atoms with Crippen molar-refractivity contribution in [3.05, 3.63) is 23.3 Å². The lowest BCUT2D eigenvalue weighted by Crippen LogP contribution is -2.37. The van der Waals surface area contributed by atoms with Crippen LogP contribution in [0.4, 0.5) is 5.69 Å². The van der Waals surface area contributed by atoms with Gasteiger partial charge in [0.1, 0.15) is 0 Å². The third-order valence-electron chi connectivity index (χ3n) is 2.71. The summed E-state index contributed by atoms with van der Waals surface area (Å²) < 4.78 is -0.369. The molecule has 15 heavy (non-hydrogen) atoms. The van der Waals surface area contributed by atoms with Gasteiger partial charge in [-0.2, -0.15) is 0 Å². The highest BCUT2D eigenvalue weighted by Gasteiger charge is 2.35. The van der Waals surface area contributed by atoms with Crippen molar-refractivity contribution in [1.29, 1.82) is 0 Å². The van der Waals surface area contributed by atoms with Crippen molar-refractivity contribution in [3.8, 4) is 0 Å². The van der Waals surface area contributed by atoms with Crippen LogP contribution in [0.3, 0.4) is 0 Å². The molecule has 1 amide bonds. The summed E-state index contributed by atoms with van der Waals surface area (Å²) in [7, 11) is 0. The molecule has 1 aliphatic rings. The largest absolute Gasteiger partial charge is 0.324 e. The molecule has 0 saturated heterocycles. The van der Waals surface area contributed by atoms with Gasteiger partial charge >= 0.3 is 0 Å². The molecule has 3 heteroatoms. The van der Waals surface area contributed by atoms with Crippen LogP contribution in [0.15, 0.2) is 17.0 Å². The Kier molecular flexibility index (Phi) is 2.30. The van der Waals surface area contributed by atoms with Gasteiger partial charge in [-0.05, 0) is 38.8 Å². The highest BCUT2D eigenvalue weighted by molar-refractivity contribution is 8.01. The maximum atomic E-state index is 11.8. The number of aryl methyl sites for hydroxylation is 2. The first kappa shape index (κ1) is 10.6. The van der Waals surface area contributed by atoms with Crippen molar-refractivity contribution in [2.45, 2.75) is 37.3 Å². The number of thioether (sulfide) groups is 1. The zero-order chi connectivity index (χ0) is 11.2. The normalized spacial score (nSPS) is 18.3. The molecular weight excluding hydrogens is 206 g/mol. The van der Waals surface area contributed by atoms with E-state index in [9.17, 15) is 4.79 Å². The van der Waals surface area contributed by atoms with Crippen LogP contribution in [-0.4, -0.2) is 10.7 Å². The molecule has 2 rings (SSSR count). The van der Waals surface area contributed by atoms with Crippen LogP contribution < -0.4 is 5.32 Å². The molecule has 1 N–H and O–H groups in total. The average molecular weight is 221 g/mol. The fourth-order valence-electron chi connectivity index (χ4n) is 1.64. The monoisotopic (exact) mass is 221 g/mol. The van der Waals surface area contributed by atoms with Gasteiger partial charge < -0.3 is 5.32 Å². The number of fused-ring (bicyclic) bond motifs is 1. The molecule has 0 aromatic heterocycles. The summed E-state index contributed by atoms with van der Waals surface area (Å²) in [5, 5.41) is 3.00. The number of benzene rings is 1. The van der Waals surface area contributed by atoms with Crippen LogP contribution in [0.5, 0.6) is 0 Å². The van der Waals surface area contributed by atoms with E-state index in [-0.39, 0.29) is 10.7 Å². The van der Waals surface area contributed by atoms with Crippen molar-refractivity contribution >= 4 is 23.4 Å². The molecule has 1 aromatic rings. The van der Waals surface area contributed by atoms with Crippen LogP contribution in [0.2, 0.25) is 0 Å². The van der Waals surface area contributed by atoms with Crippen molar-refractivity contribution < 1.29 is 4.79 Å². The van der Waals surface area contributed by atoms with Gasteiger partial charge in [-0.1, -0.05) is 12.1 Å². The highest BCUT2D eigenvalue weighted by Crippen LogP contribution is 2.44. The molecule has 80 valence electrons.